The van der Waals surface area contributed by atoms with Gasteiger partial charge in [0.2, 0.25) is 11.8 Å². The number of amides is 2. The second kappa shape index (κ2) is 5.56. The van der Waals surface area contributed by atoms with E-state index in [2.05, 4.69) is 5.32 Å². The molecule has 0 radical (unpaired) electrons. The SMILES string of the molecule is NC(CCC(=O)O)C(=O)N1CCCC2C(=O)NCC21. The molecule has 106 valence electrons. The lowest BCUT2D eigenvalue weighted by molar-refractivity contribution is -0.139. The van der Waals surface area contributed by atoms with Gasteiger partial charge in [-0.15, -0.1) is 0 Å². The lowest BCUT2D eigenvalue weighted by atomic mass is 9.90. The van der Waals surface area contributed by atoms with Gasteiger partial charge in [-0.25, -0.2) is 0 Å². The lowest BCUT2D eigenvalue weighted by Crippen LogP contribution is -2.54. The Balaban J connectivity index is 1.98. The first-order chi connectivity index (χ1) is 9.00. The maximum atomic E-state index is 12.2. The highest BCUT2D eigenvalue weighted by atomic mass is 16.4. The number of nitrogens with two attached hydrogens (primary N) is 1. The molecule has 0 spiro atoms. The van der Waals surface area contributed by atoms with Crippen LogP contribution in [0.25, 0.3) is 0 Å². The summed E-state index contributed by atoms with van der Waals surface area (Å²) in [5.74, 6) is -1.34. The van der Waals surface area contributed by atoms with E-state index in [1.807, 2.05) is 0 Å². The molecule has 19 heavy (non-hydrogen) atoms. The van der Waals surface area contributed by atoms with Crippen LogP contribution < -0.4 is 11.1 Å². The molecule has 2 heterocycles. The normalized spacial score (nSPS) is 27.6. The van der Waals surface area contributed by atoms with Crippen molar-refractivity contribution in [2.24, 2.45) is 11.7 Å². The Morgan fingerprint density at radius 1 is 1.53 bits per heavy atom. The Bertz CT molecular complexity index is 398. The largest absolute Gasteiger partial charge is 0.481 e. The van der Waals surface area contributed by atoms with Crippen molar-refractivity contribution in [3.05, 3.63) is 0 Å². The molecular weight excluding hydrogens is 250 g/mol. The number of carboxylic acids is 1. The summed E-state index contributed by atoms with van der Waals surface area (Å²) in [5, 5.41) is 11.4. The third-order valence-electron chi connectivity index (χ3n) is 3.87. The van der Waals surface area contributed by atoms with E-state index in [9.17, 15) is 14.4 Å². The third kappa shape index (κ3) is 2.86. The minimum Gasteiger partial charge on any atom is -0.481 e. The number of carboxylic acid groups (broad SMARTS) is 1. The van der Waals surface area contributed by atoms with Gasteiger partial charge in [-0.3, -0.25) is 14.4 Å². The van der Waals surface area contributed by atoms with Crippen LogP contribution in [0.1, 0.15) is 25.7 Å². The van der Waals surface area contributed by atoms with Gasteiger partial charge in [-0.05, 0) is 19.3 Å². The Morgan fingerprint density at radius 2 is 2.26 bits per heavy atom. The average molecular weight is 269 g/mol. The fourth-order valence-electron chi connectivity index (χ4n) is 2.84. The predicted molar refractivity (Wildman–Crippen MR) is 66.1 cm³/mol. The van der Waals surface area contributed by atoms with Gasteiger partial charge in [0.15, 0.2) is 0 Å². The number of carbonyl (C=O) groups excluding carboxylic acids is 2. The van der Waals surface area contributed by atoms with E-state index < -0.39 is 12.0 Å². The van der Waals surface area contributed by atoms with Crippen LogP contribution in [-0.4, -0.2) is 53.0 Å². The molecule has 2 aliphatic heterocycles. The van der Waals surface area contributed by atoms with Gasteiger partial charge >= 0.3 is 5.97 Å². The summed E-state index contributed by atoms with van der Waals surface area (Å²) in [5.41, 5.74) is 5.75. The topological polar surface area (TPSA) is 113 Å². The molecule has 0 aromatic rings. The number of piperidine rings is 1. The maximum absolute atomic E-state index is 12.2. The Labute approximate surface area is 111 Å². The average Bonchev–Trinajstić information content (AvgIpc) is 2.77. The number of nitrogens with one attached hydrogen (secondary N) is 1. The maximum Gasteiger partial charge on any atom is 0.303 e. The predicted octanol–water partition coefficient (Wildman–Crippen LogP) is -1.08. The summed E-state index contributed by atoms with van der Waals surface area (Å²) < 4.78 is 0. The van der Waals surface area contributed by atoms with Crippen LogP contribution in [0.5, 0.6) is 0 Å². The Morgan fingerprint density at radius 3 is 2.95 bits per heavy atom. The van der Waals surface area contributed by atoms with Gasteiger partial charge in [-0.2, -0.15) is 0 Å². The van der Waals surface area contributed by atoms with Crippen LogP contribution in [0, 0.1) is 5.92 Å². The Hall–Kier alpha value is -1.63. The number of hydrogen-bond acceptors (Lipinski definition) is 4. The number of nitrogens with zero attached hydrogens (tertiary/aromatic N) is 1. The smallest absolute Gasteiger partial charge is 0.303 e. The highest BCUT2D eigenvalue weighted by Gasteiger charge is 2.43. The van der Waals surface area contributed by atoms with Crippen molar-refractivity contribution in [2.45, 2.75) is 37.8 Å². The molecule has 2 saturated heterocycles. The van der Waals surface area contributed by atoms with Crippen LogP contribution in [-0.2, 0) is 14.4 Å². The zero-order chi connectivity index (χ0) is 14.0. The molecule has 0 saturated carbocycles. The van der Waals surface area contributed by atoms with Gasteiger partial charge in [0.1, 0.15) is 0 Å². The van der Waals surface area contributed by atoms with Crippen molar-refractivity contribution >= 4 is 17.8 Å². The molecule has 3 atom stereocenters. The molecule has 2 amide bonds. The number of likely N-dealkylation sites (tertiary alicyclic amines) is 1. The van der Waals surface area contributed by atoms with Crippen molar-refractivity contribution in [3.8, 4) is 0 Å². The molecule has 0 aromatic carbocycles. The molecule has 2 aliphatic rings. The second-order valence-corrected chi connectivity index (χ2v) is 5.13. The molecule has 0 bridgehead atoms. The fraction of sp³-hybridized carbons (Fsp3) is 0.750. The molecule has 2 rings (SSSR count). The molecule has 4 N–H and O–H groups in total. The van der Waals surface area contributed by atoms with Crippen molar-refractivity contribution in [2.75, 3.05) is 13.1 Å². The van der Waals surface area contributed by atoms with E-state index in [4.69, 9.17) is 10.8 Å². The highest BCUT2D eigenvalue weighted by molar-refractivity contribution is 5.86. The molecule has 7 heteroatoms. The van der Waals surface area contributed by atoms with E-state index in [0.717, 1.165) is 12.8 Å². The molecule has 0 aromatic heterocycles. The van der Waals surface area contributed by atoms with E-state index in [-0.39, 0.29) is 36.6 Å². The summed E-state index contributed by atoms with van der Waals surface area (Å²) in [6.45, 7) is 1.07. The van der Waals surface area contributed by atoms with E-state index in [1.54, 1.807) is 4.90 Å². The Kier molecular flexibility index (Phi) is 4.04. The van der Waals surface area contributed by atoms with Gasteiger partial charge in [0.25, 0.3) is 0 Å². The summed E-state index contributed by atoms with van der Waals surface area (Å²) >= 11 is 0. The van der Waals surface area contributed by atoms with Gasteiger partial charge in [0, 0.05) is 19.5 Å². The van der Waals surface area contributed by atoms with Crippen LogP contribution in [0.2, 0.25) is 0 Å². The first-order valence-electron chi connectivity index (χ1n) is 6.56. The summed E-state index contributed by atoms with van der Waals surface area (Å²) in [6.07, 6.45) is 1.59. The minimum atomic E-state index is -0.961. The third-order valence-corrected chi connectivity index (χ3v) is 3.87. The molecule has 0 aliphatic carbocycles. The monoisotopic (exact) mass is 269 g/mol. The van der Waals surface area contributed by atoms with Crippen LogP contribution >= 0.6 is 0 Å². The van der Waals surface area contributed by atoms with E-state index in [0.29, 0.717) is 13.1 Å². The second-order valence-electron chi connectivity index (χ2n) is 5.13. The molecule has 2 fully saturated rings. The highest BCUT2D eigenvalue weighted by Crippen LogP contribution is 2.27. The molecule has 7 nitrogen and oxygen atoms in total. The minimum absolute atomic E-state index is 0.00149. The van der Waals surface area contributed by atoms with Crippen molar-refractivity contribution in [3.63, 3.8) is 0 Å². The van der Waals surface area contributed by atoms with Crippen molar-refractivity contribution in [1.29, 1.82) is 0 Å². The molecule has 3 unspecified atom stereocenters. The first kappa shape index (κ1) is 13.8. The first-order valence-corrected chi connectivity index (χ1v) is 6.56. The number of fused-ring (bicyclic) bond motifs is 1. The quantitative estimate of drug-likeness (QED) is 0.600. The fourth-order valence-corrected chi connectivity index (χ4v) is 2.84. The standard InChI is InChI=1S/C12H19N3O4/c13-8(3-4-10(16)17)12(19)15-5-1-2-7-9(15)6-14-11(7)18/h7-9H,1-6,13H2,(H,14,18)(H,16,17). The van der Waals surface area contributed by atoms with Crippen molar-refractivity contribution in [1.82, 2.24) is 10.2 Å². The molecular formula is C12H19N3O4. The number of carbonyl (C=O) groups is 3. The van der Waals surface area contributed by atoms with Gasteiger partial charge in [-0.1, -0.05) is 0 Å². The zero-order valence-corrected chi connectivity index (χ0v) is 10.7. The zero-order valence-electron chi connectivity index (χ0n) is 10.7. The van der Waals surface area contributed by atoms with Crippen LogP contribution in [0.15, 0.2) is 0 Å². The van der Waals surface area contributed by atoms with Gasteiger partial charge in [0.05, 0.1) is 18.0 Å². The van der Waals surface area contributed by atoms with Crippen LogP contribution in [0.4, 0.5) is 0 Å². The number of hydrogen-bond donors (Lipinski definition) is 3. The number of aliphatic carboxylic acids is 1. The summed E-state index contributed by atoms with van der Waals surface area (Å²) in [6, 6.07) is -0.921. The number of rotatable bonds is 4. The van der Waals surface area contributed by atoms with Crippen LogP contribution in [0.3, 0.4) is 0 Å². The van der Waals surface area contributed by atoms with Crippen molar-refractivity contribution < 1.29 is 19.5 Å². The van der Waals surface area contributed by atoms with E-state index >= 15 is 0 Å². The summed E-state index contributed by atoms with van der Waals surface area (Å²) in [7, 11) is 0. The van der Waals surface area contributed by atoms with E-state index in [1.165, 1.54) is 0 Å². The van der Waals surface area contributed by atoms with Gasteiger partial charge < -0.3 is 21.1 Å². The summed E-state index contributed by atoms with van der Waals surface area (Å²) in [4.78, 5) is 36.0. The lowest BCUT2D eigenvalue weighted by Gasteiger charge is -2.37.